The van der Waals surface area contributed by atoms with Crippen LogP contribution in [-0.2, 0) is 4.79 Å². The number of pyridine rings is 1. The van der Waals surface area contributed by atoms with Crippen LogP contribution in [0.4, 0.5) is 5.82 Å². The molecule has 1 aromatic heterocycles. The fraction of sp³-hybridized carbons (Fsp3) is 0.364. The second kappa shape index (κ2) is 8.80. The summed E-state index contributed by atoms with van der Waals surface area (Å²) in [6, 6.07) is 5.57. The van der Waals surface area contributed by atoms with E-state index in [4.69, 9.17) is 10.0 Å². The maximum atomic E-state index is 12.6. The second-order valence-electron chi connectivity index (χ2n) is 7.63. The van der Waals surface area contributed by atoms with E-state index in [9.17, 15) is 4.79 Å². The van der Waals surface area contributed by atoms with Crippen LogP contribution in [0, 0.1) is 27.7 Å². The third-order valence-corrected chi connectivity index (χ3v) is 5.91. The van der Waals surface area contributed by atoms with Gasteiger partial charge in [-0.25, -0.2) is 4.98 Å². The Hall–Kier alpha value is -2.64. The van der Waals surface area contributed by atoms with E-state index < -0.39 is 7.12 Å². The highest BCUT2D eigenvalue weighted by atomic mass is 16.4. The van der Waals surface area contributed by atoms with Crippen LogP contribution in [0.15, 0.2) is 30.5 Å². The van der Waals surface area contributed by atoms with E-state index in [1.165, 1.54) is 28.5 Å². The van der Waals surface area contributed by atoms with E-state index in [1.54, 1.807) is 18.2 Å². The molecule has 2 N–H and O–H groups in total. The number of hydrogen-bond acceptors (Lipinski definition) is 5. The average molecular weight is 393 g/mol. The number of anilines is 1. The van der Waals surface area contributed by atoms with Gasteiger partial charge in [-0.1, -0.05) is 12.1 Å². The lowest BCUT2D eigenvalue weighted by molar-refractivity contribution is -0.126. The molecule has 0 atom stereocenters. The minimum Gasteiger partial charge on any atom is -0.423 e. The third kappa shape index (κ3) is 4.69. The van der Waals surface area contributed by atoms with Crippen LogP contribution >= 0.6 is 0 Å². The van der Waals surface area contributed by atoms with Crippen molar-refractivity contribution in [3.05, 3.63) is 58.3 Å². The second-order valence-corrected chi connectivity index (χ2v) is 7.63. The predicted molar refractivity (Wildman–Crippen MR) is 117 cm³/mol. The molecule has 1 aromatic carbocycles. The van der Waals surface area contributed by atoms with Crippen LogP contribution in [0.2, 0.25) is 0 Å². The molecule has 1 aliphatic heterocycles. The molecule has 1 fully saturated rings. The number of hydrogen-bond donors (Lipinski definition) is 2. The van der Waals surface area contributed by atoms with Crippen molar-refractivity contribution in [3.8, 4) is 0 Å². The van der Waals surface area contributed by atoms with Crippen LogP contribution in [0.25, 0.3) is 6.08 Å². The lowest BCUT2D eigenvalue weighted by Gasteiger charge is -2.35. The molecule has 1 saturated heterocycles. The first-order valence-corrected chi connectivity index (χ1v) is 9.89. The Bertz CT molecular complexity index is 918. The van der Waals surface area contributed by atoms with Crippen molar-refractivity contribution in [2.45, 2.75) is 27.7 Å². The zero-order valence-corrected chi connectivity index (χ0v) is 17.5. The van der Waals surface area contributed by atoms with Crippen molar-refractivity contribution < 1.29 is 14.8 Å². The van der Waals surface area contributed by atoms with Crippen molar-refractivity contribution >= 4 is 30.4 Å². The number of rotatable bonds is 4. The summed E-state index contributed by atoms with van der Waals surface area (Å²) in [5.74, 6) is 0.796. The first-order chi connectivity index (χ1) is 13.8. The highest BCUT2D eigenvalue weighted by molar-refractivity contribution is 6.58. The summed E-state index contributed by atoms with van der Waals surface area (Å²) in [5.41, 5.74) is 6.48. The number of benzene rings is 1. The van der Waals surface area contributed by atoms with Crippen LogP contribution in [0.3, 0.4) is 0 Å². The Labute approximate surface area is 172 Å². The van der Waals surface area contributed by atoms with Gasteiger partial charge in [-0.15, -0.1) is 0 Å². The topological polar surface area (TPSA) is 76.9 Å². The number of aryl methyl sites for hydroxylation is 1. The van der Waals surface area contributed by atoms with Gasteiger partial charge in [0.2, 0.25) is 5.91 Å². The molecule has 2 aromatic rings. The summed E-state index contributed by atoms with van der Waals surface area (Å²) in [4.78, 5) is 20.9. The fourth-order valence-electron chi connectivity index (χ4n) is 3.58. The van der Waals surface area contributed by atoms with Crippen molar-refractivity contribution in [1.29, 1.82) is 0 Å². The van der Waals surface area contributed by atoms with Gasteiger partial charge in [-0.3, -0.25) is 4.79 Å². The van der Waals surface area contributed by atoms with Gasteiger partial charge in [0, 0.05) is 43.9 Å². The lowest BCUT2D eigenvalue weighted by Crippen LogP contribution is -2.48. The van der Waals surface area contributed by atoms with Gasteiger partial charge >= 0.3 is 7.12 Å². The quantitative estimate of drug-likeness (QED) is 0.606. The summed E-state index contributed by atoms with van der Waals surface area (Å²) in [6.45, 7) is 11.1. The highest BCUT2D eigenvalue weighted by Gasteiger charge is 2.21. The standard InChI is InChI=1S/C22H28BN3O3/c1-15-13-19(18(4)17(3)16(15)2)5-8-22(27)26-11-9-25(10-12-26)21-7-6-20(14-24-21)23(28)29/h5-8,13-14,28-29H,9-12H2,1-4H3/b8-5+. The van der Waals surface area contributed by atoms with Gasteiger partial charge in [-0.05, 0) is 67.7 Å². The molecule has 0 unspecified atom stereocenters. The van der Waals surface area contributed by atoms with Crippen molar-refractivity contribution in [3.63, 3.8) is 0 Å². The van der Waals surface area contributed by atoms with Crippen molar-refractivity contribution in [1.82, 2.24) is 9.88 Å². The van der Waals surface area contributed by atoms with E-state index in [-0.39, 0.29) is 5.91 Å². The van der Waals surface area contributed by atoms with Crippen molar-refractivity contribution in [2.75, 3.05) is 31.1 Å². The molecular formula is C22H28BN3O3. The largest absolute Gasteiger partial charge is 0.490 e. The SMILES string of the molecule is Cc1cc(/C=C/C(=O)N2CCN(c3ccc(B(O)O)cn3)CC2)c(C)c(C)c1C. The molecule has 1 aliphatic rings. The Morgan fingerprint density at radius 3 is 2.31 bits per heavy atom. The number of aromatic nitrogens is 1. The van der Waals surface area contributed by atoms with E-state index in [1.807, 2.05) is 11.0 Å². The predicted octanol–water partition coefficient (Wildman–Crippen LogP) is 1.36. The number of carbonyl (C=O) groups excluding carboxylic acids is 1. The molecular weight excluding hydrogens is 365 g/mol. The van der Waals surface area contributed by atoms with Gasteiger partial charge in [-0.2, -0.15) is 0 Å². The molecule has 2 heterocycles. The highest BCUT2D eigenvalue weighted by Crippen LogP contribution is 2.22. The normalized spacial score (nSPS) is 14.6. The Balaban J connectivity index is 1.61. The zero-order chi connectivity index (χ0) is 21.1. The van der Waals surface area contributed by atoms with E-state index in [0.717, 1.165) is 11.4 Å². The molecule has 0 bridgehead atoms. The minimum atomic E-state index is -1.51. The van der Waals surface area contributed by atoms with E-state index in [0.29, 0.717) is 31.6 Å². The van der Waals surface area contributed by atoms with Gasteiger partial charge in [0.05, 0.1) is 0 Å². The van der Waals surface area contributed by atoms with Crippen LogP contribution in [0.5, 0.6) is 0 Å². The van der Waals surface area contributed by atoms with Gasteiger partial charge in [0.25, 0.3) is 0 Å². The van der Waals surface area contributed by atoms with Crippen LogP contribution < -0.4 is 10.4 Å². The van der Waals surface area contributed by atoms with Gasteiger partial charge in [0.15, 0.2) is 0 Å². The maximum absolute atomic E-state index is 12.6. The first-order valence-electron chi connectivity index (χ1n) is 9.89. The molecule has 3 rings (SSSR count). The number of amides is 1. The Morgan fingerprint density at radius 1 is 1.03 bits per heavy atom. The molecule has 0 radical (unpaired) electrons. The summed E-state index contributed by atoms with van der Waals surface area (Å²) < 4.78 is 0. The Kier molecular flexibility index (Phi) is 6.40. The zero-order valence-electron chi connectivity index (χ0n) is 17.5. The van der Waals surface area contributed by atoms with Crippen molar-refractivity contribution in [2.24, 2.45) is 0 Å². The number of carbonyl (C=O) groups is 1. The molecule has 1 amide bonds. The molecule has 6 nitrogen and oxygen atoms in total. The molecule has 0 spiro atoms. The van der Waals surface area contributed by atoms with E-state index >= 15 is 0 Å². The Morgan fingerprint density at radius 2 is 1.72 bits per heavy atom. The minimum absolute atomic E-state index is 0.0200. The molecule has 7 heteroatoms. The van der Waals surface area contributed by atoms with Gasteiger partial charge in [0.1, 0.15) is 5.82 Å². The molecule has 152 valence electrons. The monoisotopic (exact) mass is 393 g/mol. The smallest absolute Gasteiger partial charge is 0.423 e. The lowest BCUT2D eigenvalue weighted by atomic mass is 9.82. The molecule has 0 saturated carbocycles. The number of nitrogens with zero attached hydrogens (tertiary/aromatic N) is 3. The van der Waals surface area contributed by atoms with E-state index in [2.05, 4.69) is 43.6 Å². The summed E-state index contributed by atoms with van der Waals surface area (Å²) in [7, 11) is -1.51. The van der Waals surface area contributed by atoms with Crippen LogP contribution in [0.1, 0.15) is 27.8 Å². The summed E-state index contributed by atoms with van der Waals surface area (Å²) in [6.07, 6.45) is 5.06. The first kappa shape index (κ1) is 21.1. The van der Waals surface area contributed by atoms with Crippen LogP contribution in [-0.4, -0.2) is 59.1 Å². The maximum Gasteiger partial charge on any atom is 0.490 e. The average Bonchev–Trinajstić information content (AvgIpc) is 2.73. The molecule has 29 heavy (non-hydrogen) atoms. The fourth-order valence-corrected chi connectivity index (χ4v) is 3.58. The third-order valence-electron chi connectivity index (χ3n) is 5.91. The summed E-state index contributed by atoms with van der Waals surface area (Å²) >= 11 is 0. The summed E-state index contributed by atoms with van der Waals surface area (Å²) in [5, 5.41) is 18.3. The van der Waals surface area contributed by atoms with Gasteiger partial charge < -0.3 is 19.8 Å². The number of piperazine rings is 1. The molecule has 0 aliphatic carbocycles.